The highest BCUT2D eigenvalue weighted by molar-refractivity contribution is 9.10. The van der Waals surface area contributed by atoms with E-state index in [-0.39, 0.29) is 0 Å². The standard InChI is InChI=1S/C19H12Br2N2/c20-16-5-3-14(4-6-16)15(13-22)12-19-2-1-11-23(19)18-9-7-17(21)8-10-18/h1-12H/b15-12-. The van der Waals surface area contributed by atoms with Crippen molar-refractivity contribution in [2.24, 2.45) is 0 Å². The highest BCUT2D eigenvalue weighted by Crippen LogP contribution is 2.23. The van der Waals surface area contributed by atoms with Gasteiger partial charge < -0.3 is 4.57 Å². The molecule has 1 heterocycles. The van der Waals surface area contributed by atoms with E-state index in [2.05, 4.69) is 42.5 Å². The van der Waals surface area contributed by atoms with Crippen LogP contribution in [0.1, 0.15) is 11.3 Å². The van der Waals surface area contributed by atoms with Gasteiger partial charge in [0.2, 0.25) is 0 Å². The number of allylic oxidation sites excluding steroid dienone is 1. The third kappa shape index (κ3) is 3.64. The fraction of sp³-hybridized carbons (Fsp3) is 0. The largest absolute Gasteiger partial charge is 0.317 e. The molecule has 0 amide bonds. The van der Waals surface area contributed by atoms with Gasteiger partial charge in [0.1, 0.15) is 0 Å². The Morgan fingerprint density at radius 3 is 2.13 bits per heavy atom. The van der Waals surface area contributed by atoms with Crippen LogP contribution in [-0.4, -0.2) is 4.57 Å². The summed E-state index contributed by atoms with van der Waals surface area (Å²) in [7, 11) is 0. The second-order valence-electron chi connectivity index (χ2n) is 4.96. The van der Waals surface area contributed by atoms with Gasteiger partial charge in [0.15, 0.2) is 0 Å². The number of benzene rings is 2. The lowest BCUT2D eigenvalue weighted by Gasteiger charge is -2.07. The van der Waals surface area contributed by atoms with E-state index in [1.54, 1.807) is 0 Å². The summed E-state index contributed by atoms with van der Waals surface area (Å²) in [6.07, 6.45) is 3.90. The molecule has 0 aliphatic rings. The van der Waals surface area contributed by atoms with E-state index in [0.29, 0.717) is 5.57 Å². The summed E-state index contributed by atoms with van der Waals surface area (Å²) in [6, 6.07) is 22.1. The average molecular weight is 428 g/mol. The van der Waals surface area contributed by atoms with Crippen molar-refractivity contribution in [3.63, 3.8) is 0 Å². The molecule has 2 nitrogen and oxygen atoms in total. The molecule has 0 fully saturated rings. The molecule has 0 aliphatic heterocycles. The highest BCUT2D eigenvalue weighted by atomic mass is 79.9. The van der Waals surface area contributed by atoms with Gasteiger partial charge in [-0.3, -0.25) is 0 Å². The number of halogens is 2. The molecule has 4 heteroatoms. The zero-order valence-corrected chi connectivity index (χ0v) is 15.3. The van der Waals surface area contributed by atoms with Gasteiger partial charge in [-0.1, -0.05) is 44.0 Å². The molecule has 23 heavy (non-hydrogen) atoms. The number of nitrogens with zero attached hydrogens (tertiary/aromatic N) is 2. The molecule has 112 valence electrons. The summed E-state index contributed by atoms with van der Waals surface area (Å²) in [5, 5.41) is 9.50. The Morgan fingerprint density at radius 1 is 0.913 bits per heavy atom. The van der Waals surface area contributed by atoms with Crippen molar-refractivity contribution in [3.05, 3.63) is 87.1 Å². The van der Waals surface area contributed by atoms with Crippen LogP contribution in [0.15, 0.2) is 75.8 Å². The van der Waals surface area contributed by atoms with Crippen LogP contribution in [0.25, 0.3) is 17.3 Å². The van der Waals surface area contributed by atoms with E-state index in [1.165, 1.54) is 0 Å². The van der Waals surface area contributed by atoms with Crippen molar-refractivity contribution in [1.29, 1.82) is 5.26 Å². The molecule has 2 aromatic carbocycles. The monoisotopic (exact) mass is 426 g/mol. The van der Waals surface area contributed by atoms with Gasteiger partial charge in [0, 0.05) is 26.5 Å². The second-order valence-corrected chi connectivity index (χ2v) is 6.79. The van der Waals surface area contributed by atoms with E-state index in [9.17, 15) is 5.26 Å². The normalized spacial score (nSPS) is 11.3. The number of hydrogen-bond donors (Lipinski definition) is 0. The minimum Gasteiger partial charge on any atom is -0.317 e. The van der Waals surface area contributed by atoms with Crippen molar-refractivity contribution >= 4 is 43.5 Å². The lowest BCUT2D eigenvalue weighted by molar-refractivity contribution is 1.06. The first-order valence-electron chi connectivity index (χ1n) is 6.98. The van der Waals surface area contributed by atoms with Gasteiger partial charge in [-0.15, -0.1) is 0 Å². The molecule has 0 saturated carbocycles. The molecular weight excluding hydrogens is 416 g/mol. The maximum atomic E-state index is 9.50. The zero-order valence-electron chi connectivity index (χ0n) is 12.1. The van der Waals surface area contributed by atoms with Crippen LogP contribution < -0.4 is 0 Å². The molecule has 0 unspecified atom stereocenters. The average Bonchev–Trinajstić information content (AvgIpc) is 3.02. The maximum Gasteiger partial charge on any atom is 0.0998 e. The third-order valence-electron chi connectivity index (χ3n) is 3.45. The number of rotatable bonds is 3. The van der Waals surface area contributed by atoms with Crippen LogP contribution in [0.2, 0.25) is 0 Å². The topological polar surface area (TPSA) is 28.7 Å². The molecule has 3 aromatic rings. The summed E-state index contributed by atoms with van der Waals surface area (Å²) >= 11 is 6.86. The van der Waals surface area contributed by atoms with Crippen LogP contribution in [0, 0.1) is 11.3 Å². The van der Waals surface area contributed by atoms with Crippen molar-refractivity contribution in [2.75, 3.05) is 0 Å². The lowest BCUT2D eigenvalue weighted by Crippen LogP contribution is -1.94. The van der Waals surface area contributed by atoms with E-state index in [0.717, 1.165) is 25.9 Å². The molecular formula is C19H12Br2N2. The van der Waals surface area contributed by atoms with Gasteiger partial charge in [-0.2, -0.15) is 5.26 Å². The molecule has 0 spiro atoms. The van der Waals surface area contributed by atoms with Gasteiger partial charge in [0.25, 0.3) is 0 Å². The highest BCUT2D eigenvalue weighted by Gasteiger charge is 2.05. The van der Waals surface area contributed by atoms with Crippen molar-refractivity contribution in [2.45, 2.75) is 0 Å². The van der Waals surface area contributed by atoms with Gasteiger partial charge in [-0.25, -0.2) is 0 Å². The van der Waals surface area contributed by atoms with Crippen molar-refractivity contribution in [1.82, 2.24) is 4.57 Å². The fourth-order valence-corrected chi connectivity index (χ4v) is 2.83. The predicted octanol–water partition coefficient (Wildman–Crippen LogP) is 6.07. The summed E-state index contributed by atoms with van der Waals surface area (Å²) < 4.78 is 4.10. The van der Waals surface area contributed by atoms with Gasteiger partial charge in [-0.05, 0) is 60.2 Å². The summed E-state index contributed by atoms with van der Waals surface area (Å²) in [6.45, 7) is 0. The minimum atomic E-state index is 0.634. The van der Waals surface area contributed by atoms with E-state index in [4.69, 9.17) is 0 Å². The van der Waals surface area contributed by atoms with Gasteiger partial charge in [0.05, 0.1) is 11.6 Å². The molecule has 1 aromatic heterocycles. The molecule has 0 N–H and O–H groups in total. The molecule has 0 aliphatic carbocycles. The van der Waals surface area contributed by atoms with Crippen molar-refractivity contribution in [3.8, 4) is 11.8 Å². The fourth-order valence-electron chi connectivity index (χ4n) is 2.31. The van der Waals surface area contributed by atoms with Crippen LogP contribution in [0.3, 0.4) is 0 Å². The molecule has 0 bridgehead atoms. The Hall–Kier alpha value is -2.09. The van der Waals surface area contributed by atoms with Crippen molar-refractivity contribution < 1.29 is 0 Å². The van der Waals surface area contributed by atoms with E-state index < -0.39 is 0 Å². The zero-order chi connectivity index (χ0) is 16.2. The Kier molecular flexibility index (Phi) is 4.80. The Balaban J connectivity index is 2.02. The SMILES string of the molecule is N#C/C(=C/c1cccn1-c1ccc(Br)cc1)c1ccc(Br)cc1. The van der Waals surface area contributed by atoms with Crippen LogP contribution >= 0.6 is 31.9 Å². The quantitative estimate of drug-likeness (QED) is 0.466. The number of hydrogen-bond acceptors (Lipinski definition) is 1. The first kappa shape index (κ1) is 15.8. The van der Waals surface area contributed by atoms with Crippen LogP contribution in [0.5, 0.6) is 0 Å². The first-order chi connectivity index (χ1) is 11.2. The molecule has 0 radical (unpaired) electrons. The van der Waals surface area contributed by atoms with Crippen LogP contribution in [0.4, 0.5) is 0 Å². The number of nitriles is 1. The second kappa shape index (κ2) is 6.99. The maximum absolute atomic E-state index is 9.50. The van der Waals surface area contributed by atoms with E-state index in [1.807, 2.05) is 72.9 Å². The molecule has 3 rings (SSSR count). The predicted molar refractivity (Wildman–Crippen MR) is 101 cm³/mol. The van der Waals surface area contributed by atoms with E-state index >= 15 is 0 Å². The summed E-state index contributed by atoms with van der Waals surface area (Å²) in [4.78, 5) is 0. The molecule has 0 saturated heterocycles. The van der Waals surface area contributed by atoms with Crippen LogP contribution in [-0.2, 0) is 0 Å². The Labute approximate surface area is 151 Å². The third-order valence-corrected chi connectivity index (χ3v) is 4.51. The first-order valence-corrected chi connectivity index (χ1v) is 8.57. The summed E-state index contributed by atoms with van der Waals surface area (Å²) in [5.74, 6) is 0. The smallest absolute Gasteiger partial charge is 0.0998 e. The number of aromatic nitrogens is 1. The molecule has 0 atom stereocenters. The summed E-state index contributed by atoms with van der Waals surface area (Å²) in [5.41, 5.74) is 3.55. The Bertz CT molecular complexity index is 882. The minimum absolute atomic E-state index is 0.634. The lowest BCUT2D eigenvalue weighted by atomic mass is 10.1. The van der Waals surface area contributed by atoms with Gasteiger partial charge >= 0.3 is 0 Å². The Morgan fingerprint density at radius 2 is 1.52 bits per heavy atom.